The molecule has 0 atom stereocenters. The molecule has 0 aliphatic heterocycles. The third-order valence-electron chi connectivity index (χ3n) is 4.09. The number of hydrogen-bond donors (Lipinski definition) is 3. The summed E-state index contributed by atoms with van der Waals surface area (Å²) in [5.74, 6) is -2.25. The van der Waals surface area contributed by atoms with E-state index >= 15 is 0 Å². The minimum absolute atomic E-state index is 0.00110. The van der Waals surface area contributed by atoms with Crippen molar-refractivity contribution in [3.63, 3.8) is 0 Å². The Labute approximate surface area is 180 Å². The first kappa shape index (κ1) is 21.8. The lowest BCUT2D eigenvalue weighted by atomic mass is 10.0. The molecule has 0 fully saturated rings. The Morgan fingerprint density at radius 3 is 2.53 bits per heavy atom. The number of carbonyl (C=O) groups excluding carboxylic acids is 1. The number of halogens is 1. The number of rotatable bonds is 6. The Hall–Kier alpha value is -2.89. The zero-order valence-corrected chi connectivity index (χ0v) is 18.3. The van der Waals surface area contributed by atoms with E-state index in [2.05, 4.69) is 15.2 Å². The molecule has 2 aromatic heterocycles. The van der Waals surface area contributed by atoms with E-state index < -0.39 is 21.9 Å². The van der Waals surface area contributed by atoms with Crippen molar-refractivity contribution >= 4 is 56.4 Å². The summed E-state index contributed by atoms with van der Waals surface area (Å²) in [5, 5.41) is 17.0. The molecule has 2 heterocycles. The Morgan fingerprint density at radius 1 is 1.23 bits per heavy atom. The first-order valence-corrected chi connectivity index (χ1v) is 11.1. The number of aryl methyl sites for hydroxylation is 3. The van der Waals surface area contributed by atoms with Crippen LogP contribution in [-0.4, -0.2) is 30.6 Å². The van der Waals surface area contributed by atoms with Gasteiger partial charge in [-0.15, -0.1) is 11.3 Å². The van der Waals surface area contributed by atoms with Crippen LogP contribution in [0.3, 0.4) is 0 Å². The number of nitrogens with zero attached hydrogens (tertiary/aromatic N) is 1. The monoisotopic (exact) mass is 469 g/mol. The van der Waals surface area contributed by atoms with Gasteiger partial charge in [0.1, 0.15) is 20.5 Å². The quantitative estimate of drug-likeness (QED) is 0.494. The van der Waals surface area contributed by atoms with Crippen molar-refractivity contribution in [2.75, 3.05) is 10.0 Å². The zero-order valence-electron chi connectivity index (χ0n) is 15.9. The Bertz CT molecular complexity index is 1260. The maximum atomic E-state index is 12.8. The average molecular weight is 470 g/mol. The highest BCUT2D eigenvalue weighted by Gasteiger charge is 2.28. The molecule has 3 N–H and O–H groups in total. The third kappa shape index (κ3) is 4.18. The molecular formula is C18H16ClN3O6S2. The predicted octanol–water partition coefficient (Wildman–Crippen LogP) is 4.07. The van der Waals surface area contributed by atoms with Crippen molar-refractivity contribution in [3.8, 4) is 0 Å². The summed E-state index contributed by atoms with van der Waals surface area (Å²) in [6.45, 7) is 4.92. The molecule has 0 unspecified atom stereocenters. The van der Waals surface area contributed by atoms with Gasteiger partial charge in [0, 0.05) is 0 Å². The molecule has 0 saturated heterocycles. The number of amides is 1. The molecule has 3 aromatic rings. The molecular weight excluding hydrogens is 454 g/mol. The summed E-state index contributed by atoms with van der Waals surface area (Å²) in [6.07, 6.45) is 0. The second-order valence-corrected chi connectivity index (χ2v) is 9.34. The number of carboxylic acid groups (broad SMARTS) is 1. The summed E-state index contributed by atoms with van der Waals surface area (Å²) in [6, 6.07) is 4.38. The molecule has 12 heteroatoms. The Morgan fingerprint density at radius 2 is 1.93 bits per heavy atom. The standard InChI is InChI=1S/C18H16ClN3O6S2/c1-8-6-9(2)14(11(7-8)18(24)25)20-16(23)15-12(4-5-29-15)30(26,27)22-17-13(19)10(3)21-28-17/h4-7,22H,1-3H3,(H,20,23)(H,24,25). The lowest BCUT2D eigenvalue weighted by Crippen LogP contribution is -2.20. The molecule has 158 valence electrons. The molecule has 0 bridgehead atoms. The first-order valence-electron chi connectivity index (χ1n) is 8.39. The largest absolute Gasteiger partial charge is 0.478 e. The highest BCUT2D eigenvalue weighted by atomic mass is 35.5. The molecule has 0 saturated carbocycles. The van der Waals surface area contributed by atoms with Crippen LogP contribution < -0.4 is 10.0 Å². The summed E-state index contributed by atoms with van der Waals surface area (Å²) < 4.78 is 32.5. The van der Waals surface area contributed by atoms with Gasteiger partial charge in [-0.1, -0.05) is 22.8 Å². The summed E-state index contributed by atoms with van der Waals surface area (Å²) >= 11 is 6.84. The van der Waals surface area contributed by atoms with Crippen LogP contribution in [0.15, 0.2) is 33.0 Å². The minimum Gasteiger partial charge on any atom is -0.478 e. The molecule has 1 aromatic carbocycles. The number of anilines is 2. The van der Waals surface area contributed by atoms with Gasteiger partial charge in [0.15, 0.2) is 0 Å². The fourth-order valence-corrected chi connectivity index (χ4v) is 5.24. The van der Waals surface area contributed by atoms with Gasteiger partial charge in [-0.25, -0.2) is 17.9 Å². The fraction of sp³-hybridized carbons (Fsp3) is 0.167. The number of benzene rings is 1. The van der Waals surface area contributed by atoms with E-state index in [1.807, 2.05) is 0 Å². The van der Waals surface area contributed by atoms with Crippen molar-refractivity contribution in [1.82, 2.24) is 5.16 Å². The number of aromatic carboxylic acids is 1. The van der Waals surface area contributed by atoms with E-state index in [-0.39, 0.29) is 31.9 Å². The van der Waals surface area contributed by atoms with E-state index in [0.717, 1.165) is 11.3 Å². The van der Waals surface area contributed by atoms with Crippen molar-refractivity contribution in [2.24, 2.45) is 0 Å². The fourth-order valence-electron chi connectivity index (χ4n) is 2.75. The summed E-state index contributed by atoms with van der Waals surface area (Å²) in [4.78, 5) is 24.0. The maximum Gasteiger partial charge on any atom is 0.337 e. The topological polar surface area (TPSA) is 139 Å². The first-order chi connectivity index (χ1) is 14.0. The Balaban J connectivity index is 1.95. The molecule has 0 spiro atoms. The van der Waals surface area contributed by atoms with Gasteiger partial charge in [0.25, 0.3) is 21.8 Å². The number of carbonyl (C=O) groups is 2. The van der Waals surface area contributed by atoms with Gasteiger partial charge in [0.2, 0.25) is 0 Å². The number of aromatic nitrogens is 1. The van der Waals surface area contributed by atoms with E-state index in [4.69, 9.17) is 16.1 Å². The second kappa shape index (κ2) is 8.09. The molecule has 0 aliphatic rings. The predicted molar refractivity (Wildman–Crippen MR) is 112 cm³/mol. The number of carboxylic acids is 1. The molecule has 30 heavy (non-hydrogen) atoms. The van der Waals surface area contributed by atoms with Crippen LogP contribution in [0.5, 0.6) is 0 Å². The van der Waals surface area contributed by atoms with E-state index in [9.17, 15) is 23.1 Å². The van der Waals surface area contributed by atoms with Crippen LogP contribution in [-0.2, 0) is 10.0 Å². The van der Waals surface area contributed by atoms with Gasteiger partial charge < -0.3 is 14.9 Å². The van der Waals surface area contributed by atoms with Crippen molar-refractivity contribution in [3.05, 3.63) is 55.9 Å². The van der Waals surface area contributed by atoms with Crippen LogP contribution in [0.1, 0.15) is 36.9 Å². The van der Waals surface area contributed by atoms with Crippen LogP contribution in [0, 0.1) is 20.8 Å². The molecule has 0 aliphatic carbocycles. The smallest absolute Gasteiger partial charge is 0.337 e. The maximum absolute atomic E-state index is 12.8. The van der Waals surface area contributed by atoms with Crippen LogP contribution in [0.2, 0.25) is 5.02 Å². The van der Waals surface area contributed by atoms with Crippen LogP contribution >= 0.6 is 22.9 Å². The molecule has 9 nitrogen and oxygen atoms in total. The molecule has 1 amide bonds. The number of hydrogen-bond acceptors (Lipinski definition) is 7. The highest BCUT2D eigenvalue weighted by Crippen LogP contribution is 2.31. The van der Waals surface area contributed by atoms with Gasteiger partial charge in [-0.3, -0.25) is 4.79 Å². The normalized spacial score (nSPS) is 11.3. The van der Waals surface area contributed by atoms with E-state index in [1.54, 1.807) is 19.9 Å². The molecule has 0 radical (unpaired) electrons. The van der Waals surface area contributed by atoms with Gasteiger partial charge in [-0.05, 0) is 49.4 Å². The molecule has 3 rings (SSSR count). The van der Waals surface area contributed by atoms with E-state index in [1.165, 1.54) is 24.4 Å². The van der Waals surface area contributed by atoms with Gasteiger partial charge in [-0.2, -0.15) is 0 Å². The SMILES string of the molecule is Cc1cc(C)c(NC(=O)c2sccc2S(=O)(=O)Nc2onc(C)c2Cl)c(C(=O)O)c1. The van der Waals surface area contributed by atoms with E-state index in [0.29, 0.717) is 16.8 Å². The zero-order chi connectivity index (χ0) is 22.2. The van der Waals surface area contributed by atoms with Crippen LogP contribution in [0.4, 0.5) is 11.6 Å². The summed E-state index contributed by atoms with van der Waals surface area (Å²) in [5.41, 5.74) is 1.55. The number of sulfonamides is 1. The van der Waals surface area contributed by atoms with Crippen LogP contribution in [0.25, 0.3) is 0 Å². The van der Waals surface area contributed by atoms with Gasteiger partial charge >= 0.3 is 5.97 Å². The minimum atomic E-state index is -4.23. The van der Waals surface area contributed by atoms with Crippen molar-refractivity contribution in [2.45, 2.75) is 25.7 Å². The van der Waals surface area contributed by atoms with Crippen molar-refractivity contribution < 1.29 is 27.6 Å². The lowest BCUT2D eigenvalue weighted by molar-refractivity contribution is 0.0698. The van der Waals surface area contributed by atoms with Gasteiger partial charge in [0.05, 0.1) is 11.3 Å². The number of thiophene rings is 1. The average Bonchev–Trinajstić information content (AvgIpc) is 3.26. The lowest BCUT2D eigenvalue weighted by Gasteiger charge is -2.13. The number of nitrogens with one attached hydrogen (secondary N) is 2. The highest BCUT2D eigenvalue weighted by molar-refractivity contribution is 7.93. The Kier molecular flexibility index (Phi) is 5.88. The summed E-state index contributed by atoms with van der Waals surface area (Å²) in [7, 11) is -4.23. The second-order valence-electron chi connectivity index (χ2n) is 6.39. The third-order valence-corrected chi connectivity index (χ3v) is 6.95. The van der Waals surface area contributed by atoms with Crippen molar-refractivity contribution in [1.29, 1.82) is 0 Å².